The first kappa shape index (κ1) is 12.0. The lowest BCUT2D eigenvalue weighted by atomic mass is 9.90. The van der Waals surface area contributed by atoms with Gasteiger partial charge in [0.15, 0.2) is 0 Å². The third-order valence-corrected chi connectivity index (χ3v) is 1.82. The van der Waals surface area contributed by atoms with Crippen LogP contribution in [0.5, 0.6) is 0 Å². The number of amides is 1. The van der Waals surface area contributed by atoms with Crippen molar-refractivity contribution in [1.29, 1.82) is 5.26 Å². The van der Waals surface area contributed by atoms with Crippen molar-refractivity contribution < 1.29 is 4.79 Å². The SMILES string of the molecule is CN(CC#N)C(=O)CCC(C)(C)C. The molecule has 0 rings (SSSR count). The van der Waals surface area contributed by atoms with Crippen LogP contribution in [-0.2, 0) is 4.79 Å². The molecule has 0 unspecified atom stereocenters. The summed E-state index contributed by atoms with van der Waals surface area (Å²) in [5.74, 6) is 0.0523. The molecule has 3 heteroatoms. The molecule has 0 aliphatic heterocycles. The third kappa shape index (κ3) is 6.15. The number of rotatable bonds is 3. The monoisotopic (exact) mass is 182 g/mol. The Morgan fingerprint density at radius 2 is 2.00 bits per heavy atom. The maximum absolute atomic E-state index is 11.4. The van der Waals surface area contributed by atoms with Crippen molar-refractivity contribution in [3.05, 3.63) is 0 Å². The Balaban J connectivity index is 3.83. The van der Waals surface area contributed by atoms with Gasteiger partial charge in [-0.2, -0.15) is 5.26 Å². The highest BCUT2D eigenvalue weighted by molar-refractivity contribution is 5.76. The highest BCUT2D eigenvalue weighted by atomic mass is 16.2. The van der Waals surface area contributed by atoms with Gasteiger partial charge >= 0.3 is 0 Å². The fourth-order valence-corrected chi connectivity index (χ4v) is 0.867. The van der Waals surface area contributed by atoms with E-state index in [0.29, 0.717) is 6.42 Å². The standard InChI is InChI=1S/C10H18N2O/c1-10(2,3)6-5-9(13)12(4)8-7-11/h5-6,8H2,1-4H3. The summed E-state index contributed by atoms with van der Waals surface area (Å²) in [4.78, 5) is 12.8. The van der Waals surface area contributed by atoms with Gasteiger partial charge in [0.05, 0.1) is 6.07 Å². The zero-order valence-corrected chi connectivity index (χ0v) is 8.92. The van der Waals surface area contributed by atoms with E-state index in [-0.39, 0.29) is 17.9 Å². The summed E-state index contributed by atoms with van der Waals surface area (Å²) >= 11 is 0. The van der Waals surface area contributed by atoms with Gasteiger partial charge in [-0.25, -0.2) is 0 Å². The molecule has 0 saturated carbocycles. The van der Waals surface area contributed by atoms with E-state index in [1.54, 1.807) is 7.05 Å². The second kappa shape index (κ2) is 4.86. The second-order valence-electron chi connectivity index (χ2n) is 4.47. The summed E-state index contributed by atoms with van der Waals surface area (Å²) in [6.45, 7) is 6.49. The van der Waals surface area contributed by atoms with Gasteiger partial charge in [0.25, 0.3) is 0 Å². The van der Waals surface area contributed by atoms with E-state index in [0.717, 1.165) is 6.42 Å². The van der Waals surface area contributed by atoms with Gasteiger partial charge in [-0.3, -0.25) is 4.79 Å². The molecule has 0 fully saturated rings. The quantitative estimate of drug-likeness (QED) is 0.625. The summed E-state index contributed by atoms with van der Waals surface area (Å²) in [6.07, 6.45) is 1.39. The highest BCUT2D eigenvalue weighted by Crippen LogP contribution is 2.20. The average molecular weight is 182 g/mol. The van der Waals surface area contributed by atoms with Gasteiger partial charge in [-0.15, -0.1) is 0 Å². The lowest BCUT2D eigenvalue weighted by molar-refractivity contribution is -0.129. The Bertz CT molecular complexity index is 210. The van der Waals surface area contributed by atoms with Gasteiger partial charge in [0.2, 0.25) is 5.91 Å². The molecule has 13 heavy (non-hydrogen) atoms. The molecule has 0 spiro atoms. The van der Waals surface area contributed by atoms with Crippen molar-refractivity contribution in [2.45, 2.75) is 33.6 Å². The topological polar surface area (TPSA) is 44.1 Å². The summed E-state index contributed by atoms with van der Waals surface area (Å²) < 4.78 is 0. The molecule has 0 radical (unpaired) electrons. The minimum absolute atomic E-state index is 0.0523. The molecule has 3 nitrogen and oxygen atoms in total. The number of carbonyl (C=O) groups excluding carboxylic acids is 1. The number of nitrogens with zero attached hydrogens (tertiary/aromatic N) is 2. The summed E-state index contributed by atoms with van der Waals surface area (Å²) in [6, 6.07) is 1.95. The van der Waals surface area contributed by atoms with Crippen molar-refractivity contribution in [1.82, 2.24) is 4.90 Å². The Morgan fingerprint density at radius 1 is 1.46 bits per heavy atom. The summed E-state index contributed by atoms with van der Waals surface area (Å²) in [5, 5.41) is 8.37. The summed E-state index contributed by atoms with van der Waals surface area (Å²) in [5.41, 5.74) is 0.184. The van der Waals surface area contributed by atoms with Crippen LogP contribution in [0, 0.1) is 16.7 Å². The van der Waals surface area contributed by atoms with E-state index in [1.807, 2.05) is 6.07 Å². The molecule has 0 atom stereocenters. The van der Waals surface area contributed by atoms with Gasteiger partial charge in [0, 0.05) is 13.5 Å². The van der Waals surface area contributed by atoms with E-state index in [9.17, 15) is 4.79 Å². The molecule has 0 aromatic carbocycles. The molecular weight excluding hydrogens is 164 g/mol. The molecule has 0 aromatic heterocycles. The maximum Gasteiger partial charge on any atom is 0.223 e. The molecule has 0 bridgehead atoms. The fraction of sp³-hybridized carbons (Fsp3) is 0.800. The molecule has 0 aliphatic carbocycles. The van der Waals surface area contributed by atoms with Gasteiger partial charge < -0.3 is 4.90 Å². The van der Waals surface area contributed by atoms with Crippen molar-refractivity contribution in [2.75, 3.05) is 13.6 Å². The number of hydrogen-bond acceptors (Lipinski definition) is 2. The minimum atomic E-state index is 0.0523. The van der Waals surface area contributed by atoms with Crippen LogP contribution in [-0.4, -0.2) is 24.4 Å². The van der Waals surface area contributed by atoms with E-state index in [1.165, 1.54) is 4.90 Å². The van der Waals surface area contributed by atoms with Gasteiger partial charge in [-0.1, -0.05) is 20.8 Å². The number of carbonyl (C=O) groups is 1. The van der Waals surface area contributed by atoms with Crippen LogP contribution >= 0.6 is 0 Å². The van der Waals surface area contributed by atoms with Crippen LogP contribution in [0.2, 0.25) is 0 Å². The molecule has 0 N–H and O–H groups in total. The zero-order valence-electron chi connectivity index (χ0n) is 8.92. The van der Waals surface area contributed by atoms with E-state index in [2.05, 4.69) is 20.8 Å². The Kier molecular flexibility index (Phi) is 4.47. The van der Waals surface area contributed by atoms with Crippen LogP contribution in [0.25, 0.3) is 0 Å². The van der Waals surface area contributed by atoms with Crippen LogP contribution in [0.3, 0.4) is 0 Å². The van der Waals surface area contributed by atoms with E-state index < -0.39 is 0 Å². The molecular formula is C10H18N2O. The molecule has 74 valence electrons. The predicted octanol–water partition coefficient (Wildman–Crippen LogP) is 1.79. The first-order chi connectivity index (χ1) is 5.87. The average Bonchev–Trinajstić information content (AvgIpc) is 1.99. The molecule has 0 saturated heterocycles. The molecule has 0 heterocycles. The van der Waals surface area contributed by atoms with Crippen molar-refractivity contribution in [3.8, 4) is 6.07 Å². The number of hydrogen-bond donors (Lipinski definition) is 0. The molecule has 0 aromatic rings. The Hall–Kier alpha value is -1.04. The first-order valence-corrected chi connectivity index (χ1v) is 4.48. The summed E-state index contributed by atoms with van der Waals surface area (Å²) in [7, 11) is 1.66. The fourth-order valence-electron chi connectivity index (χ4n) is 0.867. The van der Waals surface area contributed by atoms with Gasteiger partial charge in [-0.05, 0) is 11.8 Å². The highest BCUT2D eigenvalue weighted by Gasteiger charge is 2.14. The number of nitriles is 1. The lowest BCUT2D eigenvalue weighted by Gasteiger charge is -2.19. The first-order valence-electron chi connectivity index (χ1n) is 4.48. The van der Waals surface area contributed by atoms with Crippen LogP contribution in [0.15, 0.2) is 0 Å². The van der Waals surface area contributed by atoms with Crippen molar-refractivity contribution >= 4 is 5.91 Å². The largest absolute Gasteiger partial charge is 0.332 e. The third-order valence-electron chi connectivity index (χ3n) is 1.82. The minimum Gasteiger partial charge on any atom is -0.332 e. The Morgan fingerprint density at radius 3 is 2.38 bits per heavy atom. The van der Waals surface area contributed by atoms with Crippen LogP contribution in [0.1, 0.15) is 33.6 Å². The lowest BCUT2D eigenvalue weighted by Crippen LogP contribution is -2.27. The van der Waals surface area contributed by atoms with E-state index >= 15 is 0 Å². The van der Waals surface area contributed by atoms with Crippen molar-refractivity contribution in [2.24, 2.45) is 5.41 Å². The van der Waals surface area contributed by atoms with Gasteiger partial charge in [0.1, 0.15) is 6.54 Å². The van der Waals surface area contributed by atoms with Crippen LogP contribution in [0.4, 0.5) is 0 Å². The molecule has 0 aliphatic rings. The zero-order chi connectivity index (χ0) is 10.5. The Labute approximate surface area is 80.3 Å². The maximum atomic E-state index is 11.4. The second-order valence-corrected chi connectivity index (χ2v) is 4.47. The predicted molar refractivity (Wildman–Crippen MR) is 51.9 cm³/mol. The van der Waals surface area contributed by atoms with Crippen molar-refractivity contribution in [3.63, 3.8) is 0 Å². The van der Waals surface area contributed by atoms with E-state index in [4.69, 9.17) is 5.26 Å². The molecule has 1 amide bonds. The smallest absolute Gasteiger partial charge is 0.223 e. The van der Waals surface area contributed by atoms with Crippen LogP contribution < -0.4 is 0 Å². The normalized spacial score (nSPS) is 10.7.